The summed E-state index contributed by atoms with van der Waals surface area (Å²) in [4.78, 5) is 27.7. The van der Waals surface area contributed by atoms with Gasteiger partial charge in [0, 0.05) is 17.3 Å². The molecule has 2 aromatic rings. The summed E-state index contributed by atoms with van der Waals surface area (Å²) in [6.45, 7) is 1.97. The number of hydrazine groups is 1. The number of carbonyl (C=O) groups excluding carboxylic acids is 1. The van der Waals surface area contributed by atoms with Crippen LogP contribution in [0.2, 0.25) is 0 Å². The van der Waals surface area contributed by atoms with Crippen molar-refractivity contribution in [2.75, 3.05) is 7.11 Å². The molecular weight excluding hydrogens is 272 g/mol. The van der Waals surface area contributed by atoms with Gasteiger partial charge >= 0.3 is 0 Å². The van der Waals surface area contributed by atoms with Gasteiger partial charge in [0.25, 0.3) is 17.5 Å². The standard InChI is InChI=1S/C14H16N4O3/c1-9-6-12(19)18(14(16-9)21-2)8-10-4-3-5-11(7-10)13(20)17-15/h3-7H,8,15H2,1-2H3,(H,17,20). The fourth-order valence-corrected chi connectivity index (χ4v) is 1.97. The number of aromatic nitrogens is 2. The topological polar surface area (TPSA) is 99.2 Å². The molecule has 1 heterocycles. The number of hydrogen-bond acceptors (Lipinski definition) is 5. The van der Waals surface area contributed by atoms with E-state index in [0.29, 0.717) is 11.3 Å². The van der Waals surface area contributed by atoms with E-state index >= 15 is 0 Å². The van der Waals surface area contributed by atoms with Gasteiger partial charge in [0.05, 0.1) is 13.7 Å². The average molecular weight is 288 g/mol. The summed E-state index contributed by atoms with van der Waals surface area (Å²) in [5, 5.41) is 0. The molecule has 0 unspecified atom stereocenters. The quantitative estimate of drug-likeness (QED) is 0.476. The molecule has 1 amide bonds. The van der Waals surface area contributed by atoms with Crippen LogP contribution >= 0.6 is 0 Å². The molecule has 3 N–H and O–H groups in total. The van der Waals surface area contributed by atoms with Crippen LogP contribution in [0.1, 0.15) is 21.6 Å². The zero-order valence-electron chi connectivity index (χ0n) is 11.8. The summed E-state index contributed by atoms with van der Waals surface area (Å²) in [5.41, 5.74) is 3.63. The number of hydrogen-bond donors (Lipinski definition) is 2. The van der Waals surface area contributed by atoms with Crippen LogP contribution < -0.4 is 21.6 Å². The lowest BCUT2D eigenvalue weighted by molar-refractivity contribution is 0.0953. The van der Waals surface area contributed by atoms with Crippen molar-refractivity contribution in [2.45, 2.75) is 13.5 Å². The summed E-state index contributed by atoms with van der Waals surface area (Å²) >= 11 is 0. The average Bonchev–Trinajstić information content (AvgIpc) is 2.49. The van der Waals surface area contributed by atoms with Crippen LogP contribution in [0.3, 0.4) is 0 Å². The van der Waals surface area contributed by atoms with Gasteiger partial charge in [-0.25, -0.2) is 10.8 Å². The molecule has 0 atom stereocenters. The van der Waals surface area contributed by atoms with Crippen molar-refractivity contribution < 1.29 is 9.53 Å². The molecule has 21 heavy (non-hydrogen) atoms. The van der Waals surface area contributed by atoms with Gasteiger partial charge in [0.2, 0.25) is 0 Å². The maximum atomic E-state index is 12.0. The molecule has 0 aliphatic heterocycles. The molecule has 7 heteroatoms. The fraction of sp³-hybridized carbons (Fsp3) is 0.214. The Morgan fingerprint density at radius 3 is 2.86 bits per heavy atom. The molecule has 1 aromatic carbocycles. The minimum Gasteiger partial charge on any atom is -0.468 e. The molecular formula is C14H16N4O3. The highest BCUT2D eigenvalue weighted by Crippen LogP contribution is 2.11. The highest BCUT2D eigenvalue weighted by atomic mass is 16.5. The van der Waals surface area contributed by atoms with Gasteiger partial charge in [0.1, 0.15) is 0 Å². The van der Waals surface area contributed by atoms with Crippen molar-refractivity contribution in [1.29, 1.82) is 0 Å². The normalized spacial score (nSPS) is 10.2. The molecule has 0 radical (unpaired) electrons. The molecule has 110 valence electrons. The fourth-order valence-electron chi connectivity index (χ4n) is 1.97. The molecule has 0 bridgehead atoms. The summed E-state index contributed by atoms with van der Waals surface area (Å²) < 4.78 is 6.53. The monoisotopic (exact) mass is 288 g/mol. The number of aryl methyl sites for hydroxylation is 1. The number of benzene rings is 1. The Morgan fingerprint density at radius 1 is 1.43 bits per heavy atom. The van der Waals surface area contributed by atoms with Gasteiger partial charge in [-0.3, -0.25) is 19.6 Å². The van der Waals surface area contributed by atoms with Crippen LogP contribution in [0.25, 0.3) is 0 Å². The number of carbonyl (C=O) groups is 1. The lowest BCUT2D eigenvalue weighted by Crippen LogP contribution is -2.30. The first kappa shape index (κ1) is 14.7. The Kier molecular flexibility index (Phi) is 4.34. The minimum atomic E-state index is -0.391. The zero-order chi connectivity index (χ0) is 15.4. The van der Waals surface area contributed by atoms with Crippen LogP contribution in [0, 0.1) is 6.92 Å². The SMILES string of the molecule is COc1nc(C)cc(=O)n1Cc1cccc(C(=O)NN)c1. The number of nitrogens with one attached hydrogen (secondary N) is 1. The minimum absolute atomic E-state index is 0.215. The number of methoxy groups -OCH3 is 1. The van der Waals surface area contributed by atoms with Gasteiger partial charge in [0.15, 0.2) is 0 Å². The van der Waals surface area contributed by atoms with Gasteiger partial charge < -0.3 is 4.74 Å². The third kappa shape index (κ3) is 3.26. The van der Waals surface area contributed by atoms with Crippen LogP contribution in [0.5, 0.6) is 6.01 Å². The van der Waals surface area contributed by atoms with Crippen molar-refractivity contribution in [3.63, 3.8) is 0 Å². The number of ether oxygens (including phenoxy) is 1. The van der Waals surface area contributed by atoms with Crippen molar-refractivity contribution in [2.24, 2.45) is 5.84 Å². The first-order valence-electron chi connectivity index (χ1n) is 6.27. The summed E-state index contributed by atoms with van der Waals surface area (Å²) in [5.74, 6) is 4.72. The number of nitrogens with zero attached hydrogens (tertiary/aromatic N) is 2. The molecule has 0 saturated heterocycles. The van der Waals surface area contributed by atoms with E-state index in [1.807, 2.05) is 0 Å². The van der Waals surface area contributed by atoms with E-state index in [9.17, 15) is 9.59 Å². The van der Waals surface area contributed by atoms with Crippen molar-refractivity contribution >= 4 is 5.91 Å². The van der Waals surface area contributed by atoms with Crippen molar-refractivity contribution in [1.82, 2.24) is 15.0 Å². The molecule has 0 spiro atoms. The Bertz CT molecular complexity index is 724. The Hall–Kier alpha value is -2.67. The summed E-state index contributed by atoms with van der Waals surface area (Å²) in [6, 6.07) is 8.48. The van der Waals surface area contributed by atoms with E-state index in [0.717, 1.165) is 5.56 Å². The highest BCUT2D eigenvalue weighted by Gasteiger charge is 2.10. The molecule has 0 aliphatic rings. The molecule has 0 aliphatic carbocycles. The van der Waals surface area contributed by atoms with E-state index in [1.54, 1.807) is 31.2 Å². The first-order chi connectivity index (χ1) is 10.0. The number of nitrogen functional groups attached to an aromatic ring is 1. The largest absolute Gasteiger partial charge is 0.468 e. The second kappa shape index (κ2) is 6.19. The predicted molar refractivity (Wildman–Crippen MR) is 77.0 cm³/mol. The van der Waals surface area contributed by atoms with Crippen LogP contribution in [-0.2, 0) is 6.54 Å². The molecule has 7 nitrogen and oxygen atoms in total. The Morgan fingerprint density at radius 2 is 2.19 bits per heavy atom. The zero-order valence-corrected chi connectivity index (χ0v) is 11.8. The highest BCUT2D eigenvalue weighted by molar-refractivity contribution is 5.93. The lowest BCUT2D eigenvalue weighted by Gasteiger charge is -2.11. The van der Waals surface area contributed by atoms with Gasteiger partial charge in [-0.1, -0.05) is 12.1 Å². The van der Waals surface area contributed by atoms with E-state index in [-0.39, 0.29) is 18.1 Å². The van der Waals surface area contributed by atoms with Gasteiger partial charge in [-0.2, -0.15) is 0 Å². The molecule has 2 rings (SSSR count). The molecule has 0 saturated carbocycles. The van der Waals surface area contributed by atoms with Gasteiger partial charge in [-0.05, 0) is 24.6 Å². The first-order valence-corrected chi connectivity index (χ1v) is 6.27. The van der Waals surface area contributed by atoms with Gasteiger partial charge in [-0.15, -0.1) is 0 Å². The summed E-state index contributed by atoms with van der Waals surface area (Å²) in [6.07, 6.45) is 0. The van der Waals surface area contributed by atoms with E-state index in [4.69, 9.17) is 10.6 Å². The second-order valence-corrected chi connectivity index (χ2v) is 4.48. The number of amides is 1. The van der Waals surface area contributed by atoms with E-state index in [2.05, 4.69) is 10.4 Å². The maximum Gasteiger partial charge on any atom is 0.299 e. The lowest BCUT2D eigenvalue weighted by atomic mass is 10.1. The van der Waals surface area contributed by atoms with E-state index in [1.165, 1.54) is 17.7 Å². The maximum absolute atomic E-state index is 12.0. The predicted octanol–water partition coefficient (Wildman–Crippen LogP) is 0.212. The van der Waals surface area contributed by atoms with Crippen LogP contribution in [-0.4, -0.2) is 22.6 Å². The van der Waals surface area contributed by atoms with Crippen molar-refractivity contribution in [3.05, 3.63) is 57.5 Å². The number of rotatable bonds is 4. The van der Waals surface area contributed by atoms with Crippen molar-refractivity contribution in [3.8, 4) is 6.01 Å². The third-order valence-corrected chi connectivity index (χ3v) is 2.94. The second-order valence-electron chi connectivity index (χ2n) is 4.48. The third-order valence-electron chi connectivity index (χ3n) is 2.94. The Labute approximate surface area is 121 Å². The Balaban J connectivity index is 2.39. The number of nitrogens with two attached hydrogens (primary N) is 1. The molecule has 0 fully saturated rings. The van der Waals surface area contributed by atoms with Crippen LogP contribution in [0.4, 0.5) is 0 Å². The smallest absolute Gasteiger partial charge is 0.299 e. The molecule has 1 aromatic heterocycles. The van der Waals surface area contributed by atoms with Crippen LogP contribution in [0.15, 0.2) is 35.1 Å². The van der Waals surface area contributed by atoms with E-state index < -0.39 is 5.91 Å². The summed E-state index contributed by atoms with van der Waals surface area (Å²) in [7, 11) is 1.45.